The molecule has 0 aliphatic heterocycles. The summed E-state index contributed by atoms with van der Waals surface area (Å²) in [6, 6.07) is 8.81. The largest absolute Gasteiger partial charge is 0.417 e. The first-order chi connectivity index (χ1) is 19.7. The van der Waals surface area contributed by atoms with Gasteiger partial charge in [0.2, 0.25) is 0 Å². The second-order valence-electron chi connectivity index (χ2n) is 8.24. The second-order valence-corrected chi connectivity index (χ2v) is 8.65. The Morgan fingerprint density at radius 3 is 2.41 bits per heavy atom. The zero-order valence-corrected chi connectivity index (χ0v) is 22.1. The molecule has 0 unspecified atom stereocenters. The summed E-state index contributed by atoms with van der Waals surface area (Å²) in [7, 11) is 1.54. The van der Waals surface area contributed by atoms with E-state index < -0.39 is 28.7 Å². The number of alkyl halides is 3. The van der Waals surface area contributed by atoms with Gasteiger partial charge in [-0.05, 0) is 42.5 Å². The molecule has 0 fully saturated rings. The van der Waals surface area contributed by atoms with Gasteiger partial charge >= 0.3 is 12.2 Å². The molecule has 0 bridgehead atoms. The normalized spacial score (nSPS) is 11.4. The molecule has 0 spiro atoms. The number of halogens is 4. The zero-order valence-electron chi connectivity index (χ0n) is 21.4. The highest BCUT2D eigenvalue weighted by Gasteiger charge is 2.33. The summed E-state index contributed by atoms with van der Waals surface area (Å²) in [6.07, 6.45) is -1.90. The minimum atomic E-state index is -4.66. The molecule has 3 N–H and O–H groups in total. The average molecular weight is 594 g/mol. The first-order valence-electron chi connectivity index (χ1n) is 11.8. The van der Waals surface area contributed by atoms with Crippen LogP contribution >= 0.6 is 11.6 Å². The predicted octanol–water partition coefficient (Wildman–Crippen LogP) is 4.71. The van der Waals surface area contributed by atoms with Crippen molar-refractivity contribution >= 4 is 51.9 Å². The number of imidazole rings is 1. The van der Waals surface area contributed by atoms with Crippen molar-refractivity contribution in [2.75, 3.05) is 49.7 Å². The van der Waals surface area contributed by atoms with Gasteiger partial charge in [0.25, 0.3) is 5.91 Å². The highest BCUT2D eigenvalue weighted by Crippen LogP contribution is 2.36. The number of rotatable bonds is 11. The smallest absolute Gasteiger partial charge is 0.382 e. The Morgan fingerprint density at radius 1 is 0.951 bits per heavy atom. The van der Waals surface area contributed by atoms with Crippen LogP contribution in [0, 0.1) is 0 Å². The number of amides is 3. The van der Waals surface area contributed by atoms with Crippen molar-refractivity contribution in [3.8, 4) is 5.69 Å². The first kappa shape index (κ1) is 29.7. The third-order valence-electron chi connectivity index (χ3n) is 5.36. The molecule has 2 aromatic carbocycles. The Balaban J connectivity index is 1.38. The lowest BCUT2D eigenvalue weighted by molar-refractivity contribution is -0.137. The van der Waals surface area contributed by atoms with Gasteiger partial charge in [0.15, 0.2) is 17.0 Å². The fourth-order valence-corrected chi connectivity index (χ4v) is 3.72. The molecule has 4 rings (SSSR count). The highest BCUT2D eigenvalue weighted by molar-refractivity contribution is 6.31. The molecular weight excluding hydrogens is 571 g/mol. The fourth-order valence-electron chi connectivity index (χ4n) is 3.50. The van der Waals surface area contributed by atoms with E-state index in [1.54, 1.807) is 35.9 Å². The van der Waals surface area contributed by atoms with Gasteiger partial charge in [0.05, 0.1) is 23.8 Å². The summed E-state index contributed by atoms with van der Waals surface area (Å²) in [5.41, 5.74) is 0.594. The summed E-state index contributed by atoms with van der Waals surface area (Å²) in [5, 5.41) is 7.04. The topological polar surface area (TPSA) is 142 Å². The van der Waals surface area contributed by atoms with Crippen LogP contribution in [0.25, 0.3) is 16.9 Å². The number of ether oxygens (including phenoxy) is 3. The Kier molecular flexibility index (Phi) is 9.67. The maximum Gasteiger partial charge on any atom is 0.417 e. The number of aromatic nitrogens is 4. The first-order valence-corrected chi connectivity index (χ1v) is 12.2. The maximum absolute atomic E-state index is 13.1. The van der Waals surface area contributed by atoms with Crippen molar-refractivity contribution in [1.29, 1.82) is 0 Å². The molecule has 12 nitrogen and oxygen atoms in total. The lowest BCUT2D eigenvalue weighted by atomic mass is 10.2. The lowest BCUT2D eigenvalue weighted by Crippen LogP contribution is -2.20. The van der Waals surface area contributed by atoms with Gasteiger partial charge in [-0.25, -0.2) is 19.7 Å². The minimum absolute atomic E-state index is 0.0722. The van der Waals surface area contributed by atoms with Gasteiger partial charge in [-0.2, -0.15) is 13.2 Å². The lowest BCUT2D eigenvalue weighted by Gasteiger charge is -2.12. The molecule has 16 heteroatoms. The standard InChI is InChI=1S/C25H23ClF3N7O5/c1-39-8-9-40-14-41-11-20(37)35-22-21-23(31-12-30-22)36(13-32-21)17-5-2-15(3-6-17)33-24(38)34-16-4-7-19(26)18(10-16)25(27,28)29/h2-7,10,12-13H,8-9,11,14H2,1H3,(H2,33,34,38)(H,30,31,35,37). The number of methoxy groups -OCH3 is 1. The molecule has 2 heterocycles. The van der Waals surface area contributed by atoms with Crippen molar-refractivity contribution in [1.82, 2.24) is 19.5 Å². The molecule has 0 radical (unpaired) electrons. The van der Waals surface area contributed by atoms with Crippen molar-refractivity contribution in [3.63, 3.8) is 0 Å². The van der Waals surface area contributed by atoms with Gasteiger partial charge in [-0.15, -0.1) is 0 Å². The van der Waals surface area contributed by atoms with Crippen molar-refractivity contribution in [3.05, 3.63) is 65.7 Å². The summed E-state index contributed by atoms with van der Waals surface area (Å²) in [6.45, 7) is 0.410. The quantitative estimate of drug-likeness (QED) is 0.168. The van der Waals surface area contributed by atoms with Gasteiger partial charge < -0.3 is 30.2 Å². The number of anilines is 3. The number of nitrogens with one attached hydrogen (secondary N) is 3. The van der Waals surface area contributed by atoms with E-state index in [2.05, 4.69) is 30.9 Å². The van der Waals surface area contributed by atoms with E-state index in [9.17, 15) is 22.8 Å². The summed E-state index contributed by atoms with van der Waals surface area (Å²) in [5.74, 6) is -0.273. The van der Waals surface area contributed by atoms with Crippen LogP contribution in [0.1, 0.15) is 5.56 Å². The molecule has 0 saturated heterocycles. The molecule has 0 aliphatic rings. The molecule has 0 atom stereocenters. The Bertz CT molecular complexity index is 1520. The summed E-state index contributed by atoms with van der Waals surface area (Å²) < 4.78 is 56.0. The van der Waals surface area contributed by atoms with Crippen LogP contribution in [0.15, 0.2) is 55.1 Å². The third kappa shape index (κ3) is 7.88. The van der Waals surface area contributed by atoms with Crippen LogP contribution in [0.4, 0.5) is 35.2 Å². The molecule has 0 saturated carbocycles. The third-order valence-corrected chi connectivity index (χ3v) is 5.69. The minimum Gasteiger partial charge on any atom is -0.382 e. The van der Waals surface area contributed by atoms with Gasteiger partial charge in [0.1, 0.15) is 26.1 Å². The Labute approximate surface area is 235 Å². The number of carbonyl (C=O) groups excluding carboxylic acids is 2. The van der Waals surface area contributed by atoms with Crippen LogP contribution in [0.3, 0.4) is 0 Å². The van der Waals surface area contributed by atoms with Gasteiger partial charge in [0, 0.05) is 24.2 Å². The molecule has 41 heavy (non-hydrogen) atoms. The van der Waals surface area contributed by atoms with Gasteiger partial charge in [-0.3, -0.25) is 9.36 Å². The van der Waals surface area contributed by atoms with Crippen LogP contribution in [0.5, 0.6) is 0 Å². The zero-order chi connectivity index (χ0) is 29.4. The molecule has 0 aliphatic carbocycles. The number of fused-ring (bicyclic) bond motifs is 1. The maximum atomic E-state index is 13.1. The number of benzene rings is 2. The predicted molar refractivity (Wildman–Crippen MR) is 143 cm³/mol. The van der Waals surface area contributed by atoms with Crippen molar-refractivity contribution in [2.24, 2.45) is 0 Å². The van der Waals surface area contributed by atoms with E-state index in [1.165, 1.54) is 18.7 Å². The van der Waals surface area contributed by atoms with Crippen LogP contribution in [0.2, 0.25) is 5.02 Å². The molecule has 4 aromatic rings. The van der Waals surface area contributed by atoms with E-state index in [4.69, 9.17) is 25.8 Å². The Morgan fingerprint density at radius 2 is 1.68 bits per heavy atom. The molecule has 216 valence electrons. The second kappa shape index (κ2) is 13.4. The average Bonchev–Trinajstić information content (AvgIpc) is 3.37. The molecule has 2 aromatic heterocycles. The number of carbonyl (C=O) groups is 2. The number of hydrogen-bond acceptors (Lipinski definition) is 8. The number of hydrogen-bond donors (Lipinski definition) is 3. The fraction of sp³-hybridized carbons (Fsp3) is 0.240. The van der Waals surface area contributed by atoms with E-state index in [-0.39, 0.29) is 24.9 Å². The van der Waals surface area contributed by atoms with E-state index in [0.29, 0.717) is 35.8 Å². The Hall–Kier alpha value is -4.31. The summed E-state index contributed by atoms with van der Waals surface area (Å²) in [4.78, 5) is 37.2. The molecular formula is C25H23ClF3N7O5. The van der Waals surface area contributed by atoms with Crippen LogP contribution in [-0.4, -0.2) is 65.2 Å². The van der Waals surface area contributed by atoms with Crippen LogP contribution < -0.4 is 16.0 Å². The van der Waals surface area contributed by atoms with Gasteiger partial charge in [-0.1, -0.05) is 11.6 Å². The number of urea groups is 1. The number of nitrogens with zero attached hydrogens (tertiary/aromatic N) is 4. The van der Waals surface area contributed by atoms with E-state index in [1.807, 2.05) is 0 Å². The van der Waals surface area contributed by atoms with E-state index in [0.717, 1.165) is 12.1 Å². The SMILES string of the molecule is COCCOCOCC(=O)Nc1ncnc2c1ncn2-c1ccc(NC(=O)Nc2ccc(Cl)c(C(F)(F)F)c2)cc1. The summed E-state index contributed by atoms with van der Waals surface area (Å²) >= 11 is 5.61. The van der Waals surface area contributed by atoms with Crippen LogP contribution in [-0.2, 0) is 25.2 Å². The van der Waals surface area contributed by atoms with E-state index >= 15 is 0 Å². The van der Waals surface area contributed by atoms with Crippen molar-refractivity contribution < 1.29 is 37.0 Å². The molecule has 3 amide bonds. The highest BCUT2D eigenvalue weighted by atomic mass is 35.5. The monoisotopic (exact) mass is 593 g/mol. The van der Waals surface area contributed by atoms with Crippen molar-refractivity contribution in [2.45, 2.75) is 6.18 Å².